The zero-order valence-electron chi connectivity index (χ0n) is 16.4. The Morgan fingerprint density at radius 3 is 2.37 bits per heavy atom. The minimum atomic E-state index is -3.45. The van der Waals surface area contributed by atoms with Gasteiger partial charge in [0, 0.05) is 59.4 Å². The van der Waals surface area contributed by atoms with E-state index in [2.05, 4.69) is 10.2 Å². The SMILES string of the molecule is CC(C(=O)N1CCC(N2CCNCC2)C1)c1ccc(S(=O)(=O)N(C)C)cc1. The lowest BCUT2D eigenvalue weighted by Gasteiger charge is -2.32. The monoisotopic (exact) mass is 394 g/mol. The van der Waals surface area contributed by atoms with E-state index >= 15 is 0 Å². The van der Waals surface area contributed by atoms with E-state index in [1.54, 1.807) is 24.3 Å². The average Bonchev–Trinajstić information content (AvgIpc) is 3.17. The number of rotatable bonds is 5. The molecule has 1 N–H and O–H groups in total. The van der Waals surface area contributed by atoms with Gasteiger partial charge in [-0.2, -0.15) is 0 Å². The van der Waals surface area contributed by atoms with Crippen molar-refractivity contribution in [2.45, 2.75) is 30.2 Å². The van der Waals surface area contributed by atoms with Gasteiger partial charge in [-0.3, -0.25) is 9.69 Å². The average molecular weight is 395 g/mol. The standard InChI is InChI=1S/C19H30N4O3S/c1-15(16-4-6-18(7-5-16)27(25,26)21(2)3)19(24)23-11-8-17(14-23)22-12-9-20-10-13-22/h4-7,15,17,20H,8-14H2,1-3H3. The number of carbonyl (C=O) groups is 1. The quantitative estimate of drug-likeness (QED) is 0.790. The van der Waals surface area contributed by atoms with Crippen molar-refractivity contribution in [1.82, 2.24) is 19.4 Å². The molecule has 0 saturated carbocycles. The zero-order chi connectivity index (χ0) is 19.6. The Balaban J connectivity index is 1.63. The highest BCUT2D eigenvalue weighted by Gasteiger charge is 2.33. The van der Waals surface area contributed by atoms with Gasteiger partial charge in [0.05, 0.1) is 10.8 Å². The number of likely N-dealkylation sites (tertiary alicyclic amines) is 1. The molecule has 2 unspecified atom stereocenters. The maximum atomic E-state index is 12.9. The maximum Gasteiger partial charge on any atom is 0.242 e. The molecule has 2 atom stereocenters. The lowest BCUT2D eigenvalue weighted by atomic mass is 10.00. The third kappa shape index (κ3) is 4.34. The van der Waals surface area contributed by atoms with Crippen molar-refractivity contribution >= 4 is 15.9 Å². The number of sulfonamides is 1. The maximum absolute atomic E-state index is 12.9. The highest BCUT2D eigenvalue weighted by Crippen LogP contribution is 2.24. The number of hydrogen-bond acceptors (Lipinski definition) is 5. The van der Waals surface area contributed by atoms with Crippen LogP contribution >= 0.6 is 0 Å². The first-order valence-corrected chi connectivity index (χ1v) is 11.0. The molecule has 0 aromatic heterocycles. The third-order valence-corrected chi connectivity index (χ3v) is 7.50. The van der Waals surface area contributed by atoms with E-state index in [1.807, 2.05) is 11.8 Å². The summed E-state index contributed by atoms with van der Waals surface area (Å²) >= 11 is 0. The Hall–Kier alpha value is -1.48. The minimum absolute atomic E-state index is 0.121. The molecule has 0 bridgehead atoms. The number of amides is 1. The van der Waals surface area contributed by atoms with Crippen molar-refractivity contribution in [2.75, 3.05) is 53.4 Å². The topological polar surface area (TPSA) is 73.0 Å². The van der Waals surface area contributed by atoms with Gasteiger partial charge in [-0.15, -0.1) is 0 Å². The van der Waals surface area contributed by atoms with E-state index in [9.17, 15) is 13.2 Å². The zero-order valence-corrected chi connectivity index (χ0v) is 17.2. The molecule has 7 nitrogen and oxygen atoms in total. The van der Waals surface area contributed by atoms with E-state index < -0.39 is 10.0 Å². The molecular formula is C19H30N4O3S. The van der Waals surface area contributed by atoms with Gasteiger partial charge in [-0.25, -0.2) is 12.7 Å². The van der Waals surface area contributed by atoms with Gasteiger partial charge in [0.25, 0.3) is 0 Å². The van der Waals surface area contributed by atoms with Crippen molar-refractivity contribution < 1.29 is 13.2 Å². The number of benzene rings is 1. The van der Waals surface area contributed by atoms with Crippen LogP contribution in [0.25, 0.3) is 0 Å². The van der Waals surface area contributed by atoms with Gasteiger partial charge in [-0.05, 0) is 31.0 Å². The Bertz CT molecular complexity index is 758. The number of carbonyl (C=O) groups excluding carboxylic acids is 1. The molecule has 2 heterocycles. The molecule has 2 saturated heterocycles. The van der Waals surface area contributed by atoms with Crippen LogP contribution in [0.1, 0.15) is 24.8 Å². The largest absolute Gasteiger partial charge is 0.341 e. The number of nitrogens with zero attached hydrogens (tertiary/aromatic N) is 3. The molecule has 1 aromatic rings. The lowest BCUT2D eigenvalue weighted by molar-refractivity contribution is -0.131. The van der Waals surface area contributed by atoms with E-state index in [0.29, 0.717) is 6.04 Å². The minimum Gasteiger partial charge on any atom is -0.341 e. The molecule has 150 valence electrons. The van der Waals surface area contributed by atoms with Crippen LogP contribution in [0.3, 0.4) is 0 Å². The molecular weight excluding hydrogens is 364 g/mol. The molecule has 2 aliphatic rings. The van der Waals surface area contributed by atoms with Gasteiger partial charge in [0.2, 0.25) is 15.9 Å². The summed E-state index contributed by atoms with van der Waals surface area (Å²) in [5.41, 5.74) is 0.850. The normalized spacial score (nSPS) is 23.0. The number of hydrogen-bond donors (Lipinski definition) is 1. The third-order valence-electron chi connectivity index (χ3n) is 5.67. The van der Waals surface area contributed by atoms with Crippen LogP contribution in [0.15, 0.2) is 29.2 Å². The Kier molecular flexibility index (Phi) is 6.20. The van der Waals surface area contributed by atoms with Crippen molar-refractivity contribution in [1.29, 1.82) is 0 Å². The molecule has 1 amide bonds. The van der Waals surface area contributed by atoms with Crippen molar-refractivity contribution in [3.8, 4) is 0 Å². The van der Waals surface area contributed by atoms with E-state index in [4.69, 9.17) is 0 Å². The predicted octanol–water partition coefficient (Wildman–Crippen LogP) is 0.547. The Morgan fingerprint density at radius 1 is 1.15 bits per heavy atom. The molecule has 0 aliphatic carbocycles. The number of piperazine rings is 1. The summed E-state index contributed by atoms with van der Waals surface area (Å²) in [7, 11) is -0.425. The van der Waals surface area contributed by atoms with E-state index in [0.717, 1.165) is 51.3 Å². The fourth-order valence-electron chi connectivity index (χ4n) is 3.84. The van der Waals surface area contributed by atoms with Gasteiger partial charge in [-0.1, -0.05) is 12.1 Å². The highest BCUT2D eigenvalue weighted by atomic mass is 32.2. The van der Waals surface area contributed by atoms with Crippen molar-refractivity contribution in [3.05, 3.63) is 29.8 Å². The molecule has 8 heteroatoms. The summed E-state index contributed by atoms with van der Waals surface area (Å²) < 4.78 is 25.6. The lowest BCUT2D eigenvalue weighted by Crippen LogP contribution is -2.49. The second kappa shape index (κ2) is 8.26. The molecule has 3 rings (SSSR count). The van der Waals surface area contributed by atoms with Gasteiger partial charge in [0.15, 0.2) is 0 Å². The van der Waals surface area contributed by atoms with Crippen LogP contribution in [0.4, 0.5) is 0 Å². The molecule has 2 fully saturated rings. The first-order chi connectivity index (χ1) is 12.8. The second-order valence-electron chi connectivity index (χ2n) is 7.59. The van der Waals surface area contributed by atoms with Gasteiger partial charge in [0.1, 0.15) is 0 Å². The van der Waals surface area contributed by atoms with Crippen molar-refractivity contribution in [3.63, 3.8) is 0 Å². The first kappa shape index (κ1) is 20.3. The van der Waals surface area contributed by atoms with E-state index in [1.165, 1.54) is 18.4 Å². The Labute approximate surface area is 162 Å². The molecule has 0 radical (unpaired) electrons. The van der Waals surface area contributed by atoms with Crippen LogP contribution in [0.2, 0.25) is 0 Å². The fourth-order valence-corrected chi connectivity index (χ4v) is 4.74. The van der Waals surface area contributed by atoms with Crippen LogP contribution in [-0.2, 0) is 14.8 Å². The molecule has 0 spiro atoms. The van der Waals surface area contributed by atoms with Crippen LogP contribution in [0, 0.1) is 0 Å². The van der Waals surface area contributed by atoms with Crippen LogP contribution < -0.4 is 5.32 Å². The van der Waals surface area contributed by atoms with Crippen molar-refractivity contribution in [2.24, 2.45) is 0 Å². The van der Waals surface area contributed by atoms with Gasteiger partial charge < -0.3 is 10.2 Å². The summed E-state index contributed by atoms with van der Waals surface area (Å²) in [5, 5.41) is 3.37. The predicted molar refractivity (Wildman–Crippen MR) is 105 cm³/mol. The summed E-state index contributed by atoms with van der Waals surface area (Å²) in [6, 6.07) is 7.13. The van der Waals surface area contributed by atoms with Crippen LogP contribution in [0.5, 0.6) is 0 Å². The summed E-state index contributed by atoms with van der Waals surface area (Å²) in [5.74, 6) is -0.154. The second-order valence-corrected chi connectivity index (χ2v) is 9.74. The molecule has 27 heavy (non-hydrogen) atoms. The summed E-state index contributed by atoms with van der Waals surface area (Å²) in [6.45, 7) is 7.61. The highest BCUT2D eigenvalue weighted by molar-refractivity contribution is 7.89. The first-order valence-electron chi connectivity index (χ1n) is 9.56. The van der Waals surface area contributed by atoms with E-state index in [-0.39, 0.29) is 16.7 Å². The molecule has 1 aromatic carbocycles. The molecule has 2 aliphatic heterocycles. The van der Waals surface area contributed by atoms with Gasteiger partial charge >= 0.3 is 0 Å². The summed E-state index contributed by atoms with van der Waals surface area (Å²) in [6.07, 6.45) is 1.03. The summed E-state index contributed by atoms with van der Waals surface area (Å²) in [4.78, 5) is 17.6. The Morgan fingerprint density at radius 2 is 1.78 bits per heavy atom. The fraction of sp³-hybridized carbons (Fsp3) is 0.632. The smallest absolute Gasteiger partial charge is 0.242 e. The van der Waals surface area contributed by atoms with Crippen LogP contribution in [-0.4, -0.2) is 87.8 Å². The number of nitrogens with one attached hydrogen (secondary N) is 1.